The maximum absolute atomic E-state index is 12.3. The quantitative estimate of drug-likeness (QED) is 0.0868. The number of nitrogens with zero attached hydrogens (tertiary/aromatic N) is 8. The topological polar surface area (TPSA) is 212 Å². The second-order valence-corrected chi connectivity index (χ2v) is 21.7. The van der Waals surface area contributed by atoms with Crippen LogP contribution in [-0.4, -0.2) is 51.9 Å². The first-order valence-electron chi connectivity index (χ1n) is 25.1. The van der Waals surface area contributed by atoms with Crippen molar-refractivity contribution >= 4 is 6.09 Å². The molecule has 75 heavy (non-hydrogen) atoms. The Morgan fingerprint density at radius 1 is 0.560 bits per heavy atom. The molecule has 16 heteroatoms. The largest absolute Gasteiger partial charge is 0.486 e. The number of amides is 1. The highest BCUT2D eigenvalue weighted by Crippen LogP contribution is 2.41. The molecule has 0 saturated heterocycles. The Labute approximate surface area is 440 Å². The SMILES string of the molecule is CC(C)C(C)(c1ccc(-c2noc(C(C)(C)N)n2)cc1)c1ccc(OCc2ccccn2)cn1.CC(C)C(C)(c1ccc(-c2noc(C(C)(C)NC(=O)OC(C)(C)C)n2)cc1)c1ccc(OCc2ccccn2)cn1. The second-order valence-electron chi connectivity index (χ2n) is 21.7. The van der Waals surface area contributed by atoms with Crippen molar-refractivity contribution in [1.82, 2.24) is 45.5 Å². The van der Waals surface area contributed by atoms with Crippen molar-refractivity contribution in [2.24, 2.45) is 17.6 Å². The molecule has 0 bridgehead atoms. The van der Waals surface area contributed by atoms with Gasteiger partial charge in [0.1, 0.15) is 35.9 Å². The molecule has 0 fully saturated rings. The van der Waals surface area contributed by atoms with E-state index in [0.717, 1.165) is 45.0 Å². The molecule has 1 amide bonds. The summed E-state index contributed by atoms with van der Waals surface area (Å²) in [6.07, 6.45) is 6.50. The van der Waals surface area contributed by atoms with E-state index < -0.39 is 22.8 Å². The number of nitrogens with two attached hydrogens (primary N) is 1. The van der Waals surface area contributed by atoms with Crippen LogP contribution in [0.15, 0.2) is 143 Å². The van der Waals surface area contributed by atoms with Gasteiger partial charge >= 0.3 is 6.09 Å². The standard InChI is InChI=1S/C32H39N5O4.C27H31N5O2/c1-21(2)32(8,26-17-16-25(19-34-26)39-20-24-11-9-10-18-33-24)23-14-12-22(13-15-23)27-35-28(41-37-27)31(6,7)36-29(38)40-30(3,4)5;1-18(2)27(5,23-14-13-22(16-30-23)33-17-21-8-6-7-15-29-21)20-11-9-19(10-12-20)24-31-25(34-32-24)26(3,4)28/h9-19,21H,20H2,1-8H3,(H,36,38);6-16,18H,17,28H2,1-5H3. The predicted octanol–water partition coefficient (Wildman–Crippen LogP) is 12.1. The number of nitrogens with one attached hydrogen (secondary N) is 1. The Morgan fingerprint density at radius 3 is 1.33 bits per heavy atom. The molecule has 0 aliphatic carbocycles. The normalized spacial score (nSPS) is 13.5. The van der Waals surface area contributed by atoms with Crippen LogP contribution in [0, 0.1) is 11.8 Å². The lowest BCUT2D eigenvalue weighted by atomic mass is 9.70. The van der Waals surface area contributed by atoms with Crippen molar-refractivity contribution < 1.29 is 28.1 Å². The van der Waals surface area contributed by atoms with Crippen molar-refractivity contribution in [2.45, 2.75) is 131 Å². The number of rotatable bonds is 17. The molecule has 16 nitrogen and oxygen atoms in total. The molecule has 0 saturated carbocycles. The lowest BCUT2D eigenvalue weighted by molar-refractivity contribution is 0.0451. The second kappa shape index (κ2) is 22.7. The molecule has 8 aromatic rings. The summed E-state index contributed by atoms with van der Waals surface area (Å²) >= 11 is 0. The first-order valence-corrected chi connectivity index (χ1v) is 25.1. The molecule has 0 spiro atoms. The highest BCUT2D eigenvalue weighted by atomic mass is 16.6. The third-order valence-electron chi connectivity index (χ3n) is 13.3. The molecule has 0 aliphatic rings. The van der Waals surface area contributed by atoms with Gasteiger partial charge in [0.15, 0.2) is 0 Å². The zero-order chi connectivity index (χ0) is 54.2. The van der Waals surface area contributed by atoms with Gasteiger partial charge in [-0.3, -0.25) is 19.9 Å². The smallest absolute Gasteiger partial charge is 0.408 e. The number of aromatic nitrogens is 8. The number of ether oxygens (including phenoxy) is 3. The molecule has 2 aromatic carbocycles. The molecule has 6 aromatic heterocycles. The fourth-order valence-electron chi connectivity index (χ4n) is 8.12. The fourth-order valence-corrected chi connectivity index (χ4v) is 8.12. The lowest BCUT2D eigenvalue weighted by Gasteiger charge is -2.34. The highest BCUT2D eigenvalue weighted by Gasteiger charge is 2.36. The summed E-state index contributed by atoms with van der Waals surface area (Å²) < 4.78 is 28.0. The van der Waals surface area contributed by atoms with Crippen LogP contribution in [0.4, 0.5) is 4.79 Å². The predicted molar refractivity (Wildman–Crippen MR) is 287 cm³/mol. The maximum Gasteiger partial charge on any atom is 0.408 e. The molecule has 2 unspecified atom stereocenters. The molecule has 0 radical (unpaired) electrons. The van der Waals surface area contributed by atoms with Gasteiger partial charge in [-0.1, -0.05) is 98.7 Å². The van der Waals surface area contributed by atoms with Crippen molar-refractivity contribution in [3.8, 4) is 34.3 Å². The van der Waals surface area contributed by atoms with Gasteiger partial charge in [-0.05, 0) is 134 Å². The minimum absolute atomic E-state index is 0.262. The summed E-state index contributed by atoms with van der Waals surface area (Å²) in [4.78, 5) is 39.5. The van der Waals surface area contributed by atoms with Crippen LogP contribution in [-0.2, 0) is 39.9 Å². The van der Waals surface area contributed by atoms with E-state index in [0.29, 0.717) is 48.2 Å². The molecule has 6 heterocycles. The number of pyridine rings is 4. The summed E-state index contributed by atoms with van der Waals surface area (Å²) in [6.45, 7) is 26.7. The van der Waals surface area contributed by atoms with Crippen LogP contribution in [0.25, 0.3) is 22.8 Å². The average Bonchev–Trinajstić information content (AvgIpc) is 4.11. The van der Waals surface area contributed by atoms with E-state index in [1.165, 1.54) is 0 Å². The van der Waals surface area contributed by atoms with Crippen LogP contribution in [0.3, 0.4) is 0 Å². The van der Waals surface area contributed by atoms with Gasteiger partial charge in [-0.2, -0.15) is 9.97 Å². The monoisotopic (exact) mass is 1010 g/mol. The molecule has 3 N–H and O–H groups in total. The lowest BCUT2D eigenvalue weighted by Crippen LogP contribution is -2.44. The number of hydrogen-bond acceptors (Lipinski definition) is 15. The van der Waals surface area contributed by atoms with E-state index in [2.05, 4.69) is 101 Å². The molecule has 0 aliphatic heterocycles. The van der Waals surface area contributed by atoms with Crippen LogP contribution in [0.1, 0.15) is 136 Å². The number of carbonyl (C=O) groups excluding carboxylic acids is 1. The number of alkyl carbamates (subject to hydrolysis) is 1. The third-order valence-corrected chi connectivity index (χ3v) is 13.3. The van der Waals surface area contributed by atoms with Crippen molar-refractivity contribution in [3.05, 3.63) is 180 Å². The van der Waals surface area contributed by atoms with Crippen molar-refractivity contribution in [1.29, 1.82) is 0 Å². The van der Waals surface area contributed by atoms with E-state index in [9.17, 15) is 4.79 Å². The summed E-state index contributed by atoms with van der Waals surface area (Å²) in [6, 6.07) is 35.8. The zero-order valence-electron chi connectivity index (χ0n) is 45.4. The number of hydrogen-bond donors (Lipinski definition) is 2. The molecule has 392 valence electrons. The Bertz CT molecular complexity index is 3080. The van der Waals surface area contributed by atoms with Gasteiger partial charge < -0.3 is 34.3 Å². The van der Waals surface area contributed by atoms with Crippen molar-refractivity contribution in [3.63, 3.8) is 0 Å². The fraction of sp³-hybridized carbons (Fsp3) is 0.373. The van der Waals surface area contributed by atoms with Gasteiger partial charge in [0.2, 0.25) is 17.5 Å². The number of benzene rings is 2. The zero-order valence-corrected chi connectivity index (χ0v) is 45.4. The Hall–Kier alpha value is -7.85. The number of carbonyl (C=O) groups is 1. The van der Waals surface area contributed by atoms with E-state index in [4.69, 9.17) is 39.0 Å². The van der Waals surface area contributed by atoms with Crippen LogP contribution in [0.2, 0.25) is 0 Å². The van der Waals surface area contributed by atoms with Crippen LogP contribution >= 0.6 is 0 Å². The van der Waals surface area contributed by atoms with Gasteiger partial charge in [0.05, 0.1) is 40.7 Å². The van der Waals surface area contributed by atoms with Crippen molar-refractivity contribution in [2.75, 3.05) is 0 Å². The minimum Gasteiger partial charge on any atom is -0.486 e. The average molecular weight is 1020 g/mol. The van der Waals surface area contributed by atoms with E-state index in [1.807, 2.05) is 120 Å². The molecular weight excluding hydrogens is 945 g/mol. The third kappa shape index (κ3) is 13.5. The van der Waals surface area contributed by atoms with E-state index in [1.54, 1.807) is 38.6 Å². The Balaban J connectivity index is 0.000000222. The minimum atomic E-state index is -0.914. The van der Waals surface area contributed by atoms with Gasteiger partial charge in [0, 0.05) is 34.4 Å². The van der Waals surface area contributed by atoms with E-state index >= 15 is 0 Å². The molecule has 2 atom stereocenters. The van der Waals surface area contributed by atoms with Gasteiger partial charge in [0.25, 0.3) is 5.89 Å². The maximum atomic E-state index is 12.3. The van der Waals surface area contributed by atoms with Crippen LogP contribution in [0.5, 0.6) is 11.5 Å². The molecular formula is C59H70N10O6. The summed E-state index contributed by atoms with van der Waals surface area (Å²) in [5.74, 6) is 3.63. The first-order chi connectivity index (χ1) is 35.5. The van der Waals surface area contributed by atoms with Gasteiger partial charge in [-0.25, -0.2) is 4.79 Å². The Morgan fingerprint density at radius 2 is 0.987 bits per heavy atom. The van der Waals surface area contributed by atoms with Crippen LogP contribution < -0.4 is 20.5 Å². The van der Waals surface area contributed by atoms with E-state index in [-0.39, 0.29) is 22.6 Å². The summed E-state index contributed by atoms with van der Waals surface area (Å²) in [7, 11) is 0. The summed E-state index contributed by atoms with van der Waals surface area (Å²) in [5.41, 5.74) is 10.8. The first kappa shape index (κ1) is 54.9. The molecule has 8 rings (SSSR count). The Kier molecular flexibility index (Phi) is 16.6. The van der Waals surface area contributed by atoms with Gasteiger partial charge in [-0.15, -0.1) is 0 Å². The highest BCUT2D eigenvalue weighted by molar-refractivity contribution is 5.69. The summed E-state index contributed by atoms with van der Waals surface area (Å²) in [5, 5.41) is 11.0.